The number of amides is 2. The van der Waals surface area contributed by atoms with Gasteiger partial charge in [-0.05, 0) is 64.4 Å². The van der Waals surface area contributed by atoms with E-state index >= 15 is 0 Å². The molecular formula is C22H25FN4O4. The molecule has 2 amide bonds. The Balaban J connectivity index is 1.68. The SMILES string of the molecule is Cc1noc2nc(-c3ccc(F)cc3)cc(C(=O)NCCCNC(=O)OC(C)(C)C)c12. The first-order valence-corrected chi connectivity index (χ1v) is 9.92. The lowest BCUT2D eigenvalue weighted by atomic mass is 10.0. The summed E-state index contributed by atoms with van der Waals surface area (Å²) < 4.78 is 23.7. The second kappa shape index (κ2) is 9.11. The second-order valence-corrected chi connectivity index (χ2v) is 8.05. The predicted octanol–water partition coefficient (Wildman–Crippen LogP) is 3.98. The third-order valence-corrected chi connectivity index (χ3v) is 4.31. The Morgan fingerprint density at radius 3 is 2.48 bits per heavy atom. The summed E-state index contributed by atoms with van der Waals surface area (Å²) in [6.07, 6.45) is 0.0193. The number of carbonyl (C=O) groups excluding carboxylic acids is 2. The van der Waals surface area contributed by atoms with Crippen LogP contribution in [0.2, 0.25) is 0 Å². The lowest BCUT2D eigenvalue weighted by Gasteiger charge is -2.19. The summed E-state index contributed by atoms with van der Waals surface area (Å²) in [6.45, 7) is 7.79. The molecule has 0 atom stereocenters. The van der Waals surface area contributed by atoms with E-state index in [-0.39, 0.29) is 17.4 Å². The van der Waals surface area contributed by atoms with Gasteiger partial charge < -0.3 is 19.9 Å². The molecule has 8 nitrogen and oxygen atoms in total. The first-order valence-electron chi connectivity index (χ1n) is 9.92. The third kappa shape index (κ3) is 5.78. The summed E-state index contributed by atoms with van der Waals surface area (Å²) >= 11 is 0. The van der Waals surface area contributed by atoms with Crippen LogP contribution in [0.25, 0.3) is 22.4 Å². The highest BCUT2D eigenvalue weighted by molar-refractivity contribution is 6.07. The standard InChI is InChI=1S/C22H25FN4O4/c1-13-18-16(19(28)24-10-5-11-25-21(29)30-22(2,3)4)12-17(26-20(18)31-27-13)14-6-8-15(23)9-7-14/h6-9,12H,5,10-11H2,1-4H3,(H,24,28)(H,25,29). The zero-order valence-electron chi connectivity index (χ0n) is 17.9. The molecule has 9 heteroatoms. The Hall–Kier alpha value is -3.49. The summed E-state index contributed by atoms with van der Waals surface area (Å²) in [4.78, 5) is 28.9. The largest absolute Gasteiger partial charge is 0.444 e. The van der Waals surface area contributed by atoms with Gasteiger partial charge in [-0.25, -0.2) is 14.2 Å². The summed E-state index contributed by atoms with van der Waals surface area (Å²) in [5.74, 6) is -0.683. The Bertz CT molecular complexity index is 1090. The number of fused-ring (bicyclic) bond motifs is 1. The fourth-order valence-corrected chi connectivity index (χ4v) is 2.93. The highest BCUT2D eigenvalue weighted by atomic mass is 19.1. The van der Waals surface area contributed by atoms with E-state index in [1.165, 1.54) is 12.1 Å². The number of aromatic nitrogens is 2. The first kappa shape index (κ1) is 22.2. The van der Waals surface area contributed by atoms with Crippen molar-refractivity contribution < 1.29 is 23.2 Å². The molecule has 0 spiro atoms. The van der Waals surface area contributed by atoms with Gasteiger partial charge in [0.05, 0.1) is 22.3 Å². The van der Waals surface area contributed by atoms with Gasteiger partial charge in [0, 0.05) is 18.7 Å². The van der Waals surface area contributed by atoms with Crippen molar-refractivity contribution in [3.8, 4) is 11.3 Å². The molecule has 0 aliphatic rings. The van der Waals surface area contributed by atoms with Crippen LogP contribution >= 0.6 is 0 Å². The molecule has 3 rings (SSSR count). The molecule has 0 radical (unpaired) electrons. The number of aryl methyl sites for hydroxylation is 1. The Kier molecular flexibility index (Phi) is 6.53. The van der Waals surface area contributed by atoms with Crippen LogP contribution in [-0.2, 0) is 4.74 Å². The summed E-state index contributed by atoms with van der Waals surface area (Å²) in [5.41, 5.74) is 1.70. The molecule has 0 aliphatic heterocycles. The summed E-state index contributed by atoms with van der Waals surface area (Å²) in [5, 5.41) is 9.90. The highest BCUT2D eigenvalue weighted by Gasteiger charge is 2.19. The van der Waals surface area contributed by atoms with Crippen LogP contribution in [0.15, 0.2) is 34.9 Å². The number of benzene rings is 1. The lowest BCUT2D eigenvalue weighted by molar-refractivity contribution is 0.0527. The fraction of sp³-hybridized carbons (Fsp3) is 0.364. The van der Waals surface area contributed by atoms with Crippen LogP contribution in [0, 0.1) is 12.7 Å². The van der Waals surface area contributed by atoms with Crippen molar-refractivity contribution in [2.45, 2.75) is 39.7 Å². The molecule has 0 saturated heterocycles. The zero-order valence-corrected chi connectivity index (χ0v) is 17.9. The van der Waals surface area contributed by atoms with Crippen molar-refractivity contribution in [1.82, 2.24) is 20.8 Å². The molecule has 2 aromatic heterocycles. The molecule has 0 bridgehead atoms. The number of nitrogens with one attached hydrogen (secondary N) is 2. The van der Waals surface area contributed by atoms with Crippen LogP contribution in [-0.4, -0.2) is 40.8 Å². The summed E-state index contributed by atoms with van der Waals surface area (Å²) in [6, 6.07) is 7.44. The molecule has 31 heavy (non-hydrogen) atoms. The van der Waals surface area contributed by atoms with Crippen LogP contribution in [0.1, 0.15) is 43.2 Å². The molecule has 2 N–H and O–H groups in total. The molecule has 164 valence electrons. The monoisotopic (exact) mass is 428 g/mol. The van der Waals surface area contributed by atoms with E-state index in [0.29, 0.717) is 47.4 Å². The smallest absolute Gasteiger partial charge is 0.407 e. The lowest BCUT2D eigenvalue weighted by Crippen LogP contribution is -2.34. The van der Waals surface area contributed by atoms with Crippen molar-refractivity contribution >= 4 is 23.1 Å². The second-order valence-electron chi connectivity index (χ2n) is 8.05. The third-order valence-electron chi connectivity index (χ3n) is 4.31. The van der Waals surface area contributed by atoms with Crippen LogP contribution in [0.5, 0.6) is 0 Å². The number of nitrogens with zero attached hydrogens (tertiary/aromatic N) is 2. The van der Waals surface area contributed by atoms with Crippen molar-refractivity contribution in [1.29, 1.82) is 0 Å². The molecule has 1 aromatic carbocycles. The fourth-order valence-electron chi connectivity index (χ4n) is 2.93. The predicted molar refractivity (Wildman–Crippen MR) is 113 cm³/mol. The molecule has 2 heterocycles. The number of hydrogen-bond acceptors (Lipinski definition) is 6. The molecule has 3 aromatic rings. The number of pyridine rings is 1. The van der Waals surface area contributed by atoms with Crippen LogP contribution in [0.3, 0.4) is 0 Å². The van der Waals surface area contributed by atoms with E-state index in [9.17, 15) is 14.0 Å². The number of hydrogen-bond donors (Lipinski definition) is 2. The van der Waals surface area contributed by atoms with Gasteiger partial charge >= 0.3 is 6.09 Å². The quantitative estimate of drug-likeness (QED) is 0.575. The number of ether oxygens (including phenoxy) is 1. The summed E-state index contributed by atoms with van der Waals surface area (Å²) in [7, 11) is 0. The van der Waals surface area contributed by atoms with Gasteiger partial charge in [0.1, 0.15) is 11.4 Å². The number of halogens is 1. The van der Waals surface area contributed by atoms with E-state index in [1.807, 2.05) is 0 Å². The van der Waals surface area contributed by atoms with Crippen molar-refractivity contribution in [2.75, 3.05) is 13.1 Å². The maximum Gasteiger partial charge on any atom is 0.407 e. The van der Waals surface area contributed by atoms with Crippen molar-refractivity contribution in [3.05, 3.63) is 47.4 Å². The Labute approximate surface area is 179 Å². The molecule has 0 saturated carbocycles. The number of carbonyl (C=O) groups is 2. The minimum atomic E-state index is -0.566. The molecular weight excluding hydrogens is 403 g/mol. The van der Waals surface area contributed by atoms with Gasteiger partial charge in [0.25, 0.3) is 11.6 Å². The number of rotatable bonds is 6. The molecule has 0 fully saturated rings. The Morgan fingerprint density at radius 2 is 1.81 bits per heavy atom. The van der Waals surface area contributed by atoms with Crippen LogP contribution in [0.4, 0.5) is 9.18 Å². The molecule has 0 aliphatic carbocycles. The van der Waals surface area contributed by atoms with Gasteiger partial charge in [-0.3, -0.25) is 4.79 Å². The minimum absolute atomic E-state index is 0.232. The number of alkyl carbamates (subject to hydrolysis) is 1. The Morgan fingerprint density at radius 1 is 1.13 bits per heavy atom. The topological polar surface area (TPSA) is 106 Å². The first-order chi connectivity index (χ1) is 14.6. The zero-order chi connectivity index (χ0) is 22.6. The van der Waals surface area contributed by atoms with Gasteiger partial charge in [0.2, 0.25) is 0 Å². The van der Waals surface area contributed by atoms with Gasteiger partial charge in [-0.2, -0.15) is 0 Å². The van der Waals surface area contributed by atoms with E-state index in [0.717, 1.165) is 0 Å². The normalized spacial score (nSPS) is 11.4. The van der Waals surface area contributed by atoms with Crippen molar-refractivity contribution in [2.24, 2.45) is 0 Å². The maximum absolute atomic E-state index is 13.3. The van der Waals surface area contributed by atoms with Gasteiger partial charge in [-0.1, -0.05) is 5.16 Å². The van der Waals surface area contributed by atoms with E-state index < -0.39 is 11.7 Å². The van der Waals surface area contributed by atoms with Gasteiger partial charge in [-0.15, -0.1) is 0 Å². The van der Waals surface area contributed by atoms with E-state index in [1.54, 1.807) is 45.9 Å². The molecule has 0 unspecified atom stereocenters. The van der Waals surface area contributed by atoms with Gasteiger partial charge in [0.15, 0.2) is 0 Å². The maximum atomic E-state index is 13.3. The van der Waals surface area contributed by atoms with Crippen LogP contribution < -0.4 is 10.6 Å². The van der Waals surface area contributed by atoms with E-state index in [2.05, 4.69) is 20.8 Å². The highest BCUT2D eigenvalue weighted by Crippen LogP contribution is 2.27. The average Bonchev–Trinajstić information content (AvgIpc) is 3.07. The average molecular weight is 428 g/mol. The minimum Gasteiger partial charge on any atom is -0.444 e. The van der Waals surface area contributed by atoms with Crippen molar-refractivity contribution in [3.63, 3.8) is 0 Å². The van der Waals surface area contributed by atoms with E-state index in [4.69, 9.17) is 9.26 Å².